The summed E-state index contributed by atoms with van der Waals surface area (Å²) >= 11 is 1.35. The third-order valence-electron chi connectivity index (χ3n) is 2.64. The molecule has 10 heteroatoms. The lowest BCUT2D eigenvalue weighted by Gasteiger charge is -2.04. The van der Waals surface area contributed by atoms with Crippen LogP contribution in [0.4, 0.5) is 0 Å². The van der Waals surface area contributed by atoms with E-state index in [2.05, 4.69) is 26.1 Å². The number of aliphatic hydroxyl groups excluding tert-OH is 1. The highest BCUT2D eigenvalue weighted by molar-refractivity contribution is 7.99. The number of hydrogen-bond donors (Lipinski definition) is 3. The number of nitrogens with one attached hydrogen (secondary N) is 2. The van der Waals surface area contributed by atoms with Gasteiger partial charge in [0.05, 0.1) is 23.8 Å². The van der Waals surface area contributed by atoms with Gasteiger partial charge in [-0.2, -0.15) is 4.98 Å². The first-order chi connectivity index (χ1) is 10.6. The molecule has 0 spiro atoms. The van der Waals surface area contributed by atoms with Gasteiger partial charge in [-0.1, -0.05) is 10.3 Å². The Morgan fingerprint density at radius 1 is 1.32 bits per heavy atom. The van der Waals surface area contributed by atoms with Gasteiger partial charge in [-0.15, -0.1) is 11.8 Å². The Hall–Kier alpha value is -1.91. The van der Waals surface area contributed by atoms with E-state index in [9.17, 15) is 4.79 Å². The molecule has 0 fully saturated rings. The molecule has 9 nitrogen and oxygen atoms in total. The lowest BCUT2D eigenvalue weighted by Crippen LogP contribution is -2.40. The van der Waals surface area contributed by atoms with Crippen LogP contribution in [0.25, 0.3) is 11.5 Å². The van der Waals surface area contributed by atoms with Crippen molar-refractivity contribution >= 4 is 17.7 Å². The van der Waals surface area contributed by atoms with Crippen molar-refractivity contribution in [3.05, 3.63) is 17.3 Å². The molecular formula is C12H17N5O4S. The number of hydrogen-bond acceptors (Lipinski definition) is 9. The van der Waals surface area contributed by atoms with Crippen LogP contribution >= 0.6 is 11.8 Å². The van der Waals surface area contributed by atoms with Crippen LogP contribution < -0.4 is 10.9 Å². The van der Waals surface area contributed by atoms with Gasteiger partial charge in [-0.3, -0.25) is 10.2 Å². The maximum absolute atomic E-state index is 11.4. The first-order valence-electron chi connectivity index (χ1n) is 6.58. The molecule has 0 aliphatic carbocycles. The van der Waals surface area contributed by atoms with Gasteiger partial charge in [0.1, 0.15) is 11.3 Å². The normalized spacial score (nSPS) is 10.9. The van der Waals surface area contributed by atoms with Crippen LogP contribution in [0.3, 0.4) is 0 Å². The second-order valence-corrected chi connectivity index (χ2v) is 5.39. The van der Waals surface area contributed by atoms with Crippen LogP contribution in [0.2, 0.25) is 0 Å². The Kier molecular flexibility index (Phi) is 5.92. The van der Waals surface area contributed by atoms with Crippen LogP contribution in [-0.2, 0) is 10.5 Å². The number of carbonyl (C=O) groups excluding carboxylic acids is 1. The minimum absolute atomic E-state index is 0.0409. The molecule has 2 aromatic rings. The summed E-state index contributed by atoms with van der Waals surface area (Å²) in [5, 5.41) is 16.3. The third kappa shape index (κ3) is 4.29. The van der Waals surface area contributed by atoms with Gasteiger partial charge in [0.15, 0.2) is 5.82 Å². The van der Waals surface area contributed by atoms with Gasteiger partial charge < -0.3 is 14.2 Å². The summed E-state index contributed by atoms with van der Waals surface area (Å²) in [5.41, 5.74) is 6.44. The Balaban J connectivity index is 1.82. The average molecular weight is 327 g/mol. The number of hydrazine groups is 1. The van der Waals surface area contributed by atoms with Crippen LogP contribution in [0, 0.1) is 13.8 Å². The van der Waals surface area contributed by atoms with Crippen LogP contribution in [-0.4, -0.2) is 45.2 Å². The fourth-order valence-electron chi connectivity index (χ4n) is 1.69. The smallest absolute Gasteiger partial charge is 0.263 e. The fourth-order valence-corrected chi connectivity index (χ4v) is 2.35. The second kappa shape index (κ2) is 7.92. The molecule has 0 unspecified atom stereocenters. The molecule has 22 heavy (non-hydrogen) atoms. The molecule has 0 atom stereocenters. The number of aliphatic hydroxyl groups is 1. The highest BCUT2D eigenvalue weighted by Gasteiger charge is 2.18. The molecule has 2 rings (SSSR count). The SMILES string of the molecule is Cc1noc(C)c1-c1nc(CSCC(=O)NNCCO)no1. The molecular weight excluding hydrogens is 310 g/mol. The van der Waals surface area contributed by atoms with E-state index in [0.29, 0.717) is 41.0 Å². The fraction of sp³-hybridized carbons (Fsp3) is 0.500. The largest absolute Gasteiger partial charge is 0.395 e. The highest BCUT2D eigenvalue weighted by Crippen LogP contribution is 2.25. The summed E-state index contributed by atoms with van der Waals surface area (Å²) in [6.45, 7) is 3.84. The standard InChI is InChI=1S/C12H17N5O4S/c1-7-11(8(2)20-16-7)12-14-9(17-21-12)5-22-6-10(19)15-13-3-4-18/h13,18H,3-6H2,1-2H3,(H,15,19). The van der Waals surface area contributed by atoms with Crippen LogP contribution in [0.5, 0.6) is 0 Å². The Labute approximate surface area is 130 Å². The summed E-state index contributed by atoms with van der Waals surface area (Å²) in [7, 11) is 0. The number of aryl methyl sites for hydroxylation is 2. The van der Waals surface area contributed by atoms with Gasteiger partial charge in [0.2, 0.25) is 5.91 Å². The summed E-state index contributed by atoms with van der Waals surface area (Å²) in [4.78, 5) is 15.7. The number of aromatic nitrogens is 3. The quantitative estimate of drug-likeness (QED) is 0.460. The van der Waals surface area contributed by atoms with Gasteiger partial charge >= 0.3 is 0 Å². The molecule has 1 amide bonds. The maximum Gasteiger partial charge on any atom is 0.263 e. The van der Waals surface area contributed by atoms with Crippen molar-refractivity contribution in [3.8, 4) is 11.5 Å². The first kappa shape index (κ1) is 16.5. The van der Waals surface area contributed by atoms with E-state index < -0.39 is 0 Å². The lowest BCUT2D eigenvalue weighted by atomic mass is 10.2. The van der Waals surface area contributed by atoms with E-state index >= 15 is 0 Å². The van der Waals surface area contributed by atoms with Crippen molar-refractivity contribution in [2.24, 2.45) is 0 Å². The van der Waals surface area contributed by atoms with Crippen LogP contribution in [0.1, 0.15) is 17.3 Å². The number of amides is 1. The Bertz CT molecular complexity index is 607. The number of thioether (sulfide) groups is 1. The summed E-state index contributed by atoms with van der Waals surface area (Å²) in [6, 6.07) is 0. The zero-order chi connectivity index (χ0) is 15.9. The number of carbonyl (C=O) groups is 1. The predicted molar refractivity (Wildman–Crippen MR) is 78.7 cm³/mol. The average Bonchev–Trinajstić information content (AvgIpc) is 3.06. The van der Waals surface area contributed by atoms with Gasteiger partial charge in [-0.05, 0) is 13.8 Å². The van der Waals surface area contributed by atoms with Gasteiger partial charge in [0, 0.05) is 6.54 Å². The highest BCUT2D eigenvalue weighted by atomic mass is 32.2. The Morgan fingerprint density at radius 2 is 2.14 bits per heavy atom. The predicted octanol–water partition coefficient (Wildman–Crippen LogP) is 0.188. The molecule has 2 heterocycles. The van der Waals surface area contributed by atoms with Crippen LogP contribution in [0.15, 0.2) is 9.05 Å². The van der Waals surface area contributed by atoms with Crippen molar-refractivity contribution in [2.45, 2.75) is 19.6 Å². The van der Waals surface area contributed by atoms with E-state index in [1.165, 1.54) is 11.8 Å². The summed E-state index contributed by atoms with van der Waals surface area (Å²) < 4.78 is 10.3. The number of nitrogens with zero attached hydrogens (tertiary/aromatic N) is 3. The number of rotatable bonds is 8. The molecule has 0 saturated carbocycles. The lowest BCUT2D eigenvalue weighted by molar-refractivity contribution is -0.119. The van der Waals surface area contributed by atoms with Crippen molar-refractivity contribution in [1.29, 1.82) is 0 Å². The van der Waals surface area contributed by atoms with Crippen molar-refractivity contribution in [1.82, 2.24) is 26.1 Å². The molecule has 0 saturated heterocycles. The second-order valence-electron chi connectivity index (χ2n) is 4.41. The molecule has 0 bridgehead atoms. The van der Waals surface area contributed by atoms with E-state index in [0.717, 1.165) is 0 Å². The molecule has 0 aliphatic heterocycles. The third-order valence-corrected chi connectivity index (χ3v) is 3.57. The minimum atomic E-state index is -0.187. The molecule has 2 aromatic heterocycles. The molecule has 0 aromatic carbocycles. The molecule has 0 aliphatic rings. The van der Waals surface area contributed by atoms with Crippen molar-refractivity contribution < 1.29 is 18.9 Å². The Morgan fingerprint density at radius 3 is 2.82 bits per heavy atom. The minimum Gasteiger partial charge on any atom is -0.395 e. The maximum atomic E-state index is 11.4. The molecule has 0 radical (unpaired) electrons. The zero-order valence-corrected chi connectivity index (χ0v) is 13.1. The van der Waals surface area contributed by atoms with E-state index in [1.54, 1.807) is 13.8 Å². The monoisotopic (exact) mass is 327 g/mol. The van der Waals surface area contributed by atoms with Gasteiger partial charge in [-0.25, -0.2) is 5.43 Å². The topological polar surface area (TPSA) is 126 Å². The van der Waals surface area contributed by atoms with E-state index in [1.807, 2.05) is 0 Å². The summed E-state index contributed by atoms with van der Waals surface area (Å²) in [6.07, 6.45) is 0. The van der Waals surface area contributed by atoms with E-state index in [-0.39, 0.29) is 18.3 Å². The van der Waals surface area contributed by atoms with Crippen molar-refractivity contribution in [3.63, 3.8) is 0 Å². The molecule has 3 N–H and O–H groups in total. The van der Waals surface area contributed by atoms with E-state index in [4.69, 9.17) is 14.2 Å². The zero-order valence-electron chi connectivity index (χ0n) is 12.3. The van der Waals surface area contributed by atoms with Crippen molar-refractivity contribution in [2.75, 3.05) is 18.9 Å². The van der Waals surface area contributed by atoms with Gasteiger partial charge in [0.25, 0.3) is 5.89 Å². The molecule has 120 valence electrons. The first-order valence-corrected chi connectivity index (χ1v) is 7.73. The summed E-state index contributed by atoms with van der Waals surface area (Å²) in [5.74, 6) is 1.98.